The Hall–Kier alpha value is -0.350. The lowest BCUT2D eigenvalue weighted by molar-refractivity contribution is 0.435. The highest BCUT2D eigenvalue weighted by molar-refractivity contribution is 7.83. The fraction of sp³-hybridized carbons (Fsp3) is 0. The first-order valence-corrected chi connectivity index (χ1v) is 2.24. The second-order valence-electron chi connectivity index (χ2n) is 0.643. The van der Waals surface area contributed by atoms with Gasteiger partial charge in [0.05, 0.1) is 0 Å². The highest BCUT2D eigenvalue weighted by Crippen LogP contribution is 1.82. The zero-order chi connectivity index (χ0) is 5.15. The molecular formula is C2H4O3S. The van der Waals surface area contributed by atoms with Gasteiger partial charge in [-0.15, -0.1) is 0 Å². The van der Waals surface area contributed by atoms with Crippen LogP contribution in [0.5, 0.6) is 0 Å². The molecule has 4 heteroatoms. The third-order valence-electron chi connectivity index (χ3n) is 0.202. The summed E-state index contributed by atoms with van der Waals surface area (Å²) in [5.74, 6) is 0. The predicted octanol–water partition coefficient (Wildman–Crippen LogP) is 0.237. The van der Waals surface area contributed by atoms with E-state index in [4.69, 9.17) is 9.66 Å². The first-order valence-electron chi connectivity index (χ1n) is 1.13. The van der Waals surface area contributed by atoms with Crippen molar-refractivity contribution in [3.05, 3.63) is 11.7 Å². The molecule has 1 unspecified atom stereocenters. The summed E-state index contributed by atoms with van der Waals surface area (Å²) >= 11 is -2.26. The second kappa shape index (κ2) is 1.94. The van der Waals surface area contributed by atoms with Crippen molar-refractivity contribution in [1.82, 2.24) is 0 Å². The molecule has 1 atom stereocenters. The van der Waals surface area contributed by atoms with E-state index in [1.165, 1.54) is 0 Å². The van der Waals surface area contributed by atoms with E-state index in [0.29, 0.717) is 0 Å². The molecule has 0 aromatic carbocycles. The maximum Gasteiger partial charge on any atom is 0.221 e. The quantitative estimate of drug-likeness (QED) is 0.373. The van der Waals surface area contributed by atoms with Crippen molar-refractivity contribution < 1.29 is 13.9 Å². The summed E-state index contributed by atoms with van der Waals surface area (Å²) in [6, 6.07) is 0. The summed E-state index contributed by atoms with van der Waals surface area (Å²) in [4.78, 5) is 0. The fourth-order valence-electron chi connectivity index (χ4n) is 0. The van der Waals surface area contributed by atoms with Crippen molar-refractivity contribution >= 4 is 11.1 Å². The third kappa shape index (κ3) is 1.92. The molecule has 0 spiro atoms. The minimum absolute atomic E-state index is 0.713. The van der Waals surface area contributed by atoms with Crippen LogP contribution in [0.25, 0.3) is 0 Å². The number of aliphatic hydroxyl groups is 1. The molecule has 0 heterocycles. The molecule has 0 radical (unpaired) electrons. The van der Waals surface area contributed by atoms with E-state index in [0.717, 1.165) is 0 Å². The van der Waals surface area contributed by atoms with Gasteiger partial charge in [0.1, 0.15) is 0 Å². The molecule has 0 fully saturated rings. The molecule has 0 saturated heterocycles. The zero-order valence-corrected chi connectivity index (χ0v) is 3.73. The van der Waals surface area contributed by atoms with Crippen LogP contribution in [0.15, 0.2) is 11.7 Å². The molecule has 0 bridgehead atoms. The number of aliphatic hydroxyl groups excluding tert-OH is 1. The first kappa shape index (κ1) is 5.65. The van der Waals surface area contributed by atoms with Crippen LogP contribution in [0.3, 0.4) is 0 Å². The normalized spacial score (nSPS) is 13.5. The molecule has 0 aromatic rings. The molecule has 0 aliphatic carbocycles. The van der Waals surface area contributed by atoms with Crippen molar-refractivity contribution in [3.63, 3.8) is 0 Å². The second-order valence-corrected chi connectivity index (χ2v) is 1.61. The smallest absolute Gasteiger partial charge is 0.221 e. The molecule has 36 valence electrons. The van der Waals surface area contributed by atoms with Gasteiger partial charge in [0.2, 0.25) is 16.2 Å². The van der Waals surface area contributed by atoms with Crippen LogP contribution >= 0.6 is 0 Å². The highest BCUT2D eigenvalue weighted by atomic mass is 32.2. The fourth-order valence-corrected chi connectivity index (χ4v) is 0. The first-order chi connectivity index (χ1) is 2.64. The molecule has 0 rings (SSSR count). The molecule has 3 nitrogen and oxygen atoms in total. The van der Waals surface area contributed by atoms with Crippen LogP contribution in [-0.4, -0.2) is 13.9 Å². The van der Waals surface area contributed by atoms with Crippen LogP contribution in [0.4, 0.5) is 0 Å². The lowest BCUT2D eigenvalue weighted by Gasteiger charge is -1.80. The average Bonchev–Trinajstić information content (AvgIpc) is 1.36. The monoisotopic (exact) mass is 108 g/mol. The molecule has 0 aliphatic heterocycles. The van der Waals surface area contributed by atoms with Crippen molar-refractivity contribution in [2.45, 2.75) is 0 Å². The molecule has 6 heavy (non-hydrogen) atoms. The van der Waals surface area contributed by atoms with Crippen molar-refractivity contribution in [1.29, 1.82) is 0 Å². The summed E-state index contributed by atoms with van der Waals surface area (Å²) in [7, 11) is 0. The van der Waals surface area contributed by atoms with E-state index < -0.39 is 16.2 Å². The maximum atomic E-state index is 9.46. The lowest BCUT2D eigenvalue weighted by Crippen LogP contribution is -1.86. The van der Waals surface area contributed by atoms with Crippen molar-refractivity contribution in [2.24, 2.45) is 0 Å². The van der Waals surface area contributed by atoms with Crippen molar-refractivity contribution in [3.8, 4) is 0 Å². The van der Waals surface area contributed by atoms with Crippen molar-refractivity contribution in [2.75, 3.05) is 0 Å². The maximum absolute atomic E-state index is 9.46. The van der Waals surface area contributed by atoms with E-state index in [-0.39, 0.29) is 0 Å². The summed E-state index contributed by atoms with van der Waals surface area (Å²) in [5, 5.41) is 7.17. The Kier molecular flexibility index (Phi) is 1.83. The Morgan fingerprint density at radius 3 is 2.00 bits per heavy atom. The molecule has 0 saturated carbocycles. The van der Waals surface area contributed by atoms with Gasteiger partial charge in [-0.1, -0.05) is 0 Å². The minimum Gasteiger partial charge on any atom is -0.499 e. The summed E-state index contributed by atoms with van der Waals surface area (Å²) in [6.07, 6.45) is 0. The standard InChI is InChI=1S/C2H4O3S/c1-2(3)6(4)5/h3H,1H2,(H,4,5). The Morgan fingerprint density at radius 2 is 2.00 bits per heavy atom. The molecule has 0 amide bonds. The third-order valence-corrected chi connectivity index (χ3v) is 0.605. The summed E-state index contributed by atoms with van der Waals surface area (Å²) in [5.41, 5.74) is 0. The SMILES string of the molecule is C=C(O)S(=O)O. The Morgan fingerprint density at radius 1 is 1.83 bits per heavy atom. The lowest BCUT2D eigenvalue weighted by atomic mass is 11.2. The van der Waals surface area contributed by atoms with Gasteiger partial charge in [0.25, 0.3) is 0 Å². The number of hydrogen-bond donors (Lipinski definition) is 2. The molecule has 0 aromatic heterocycles. The summed E-state index contributed by atoms with van der Waals surface area (Å²) in [6.45, 7) is 2.76. The highest BCUT2D eigenvalue weighted by Gasteiger charge is 1.90. The van der Waals surface area contributed by atoms with Crippen LogP contribution in [0.1, 0.15) is 0 Å². The van der Waals surface area contributed by atoms with Gasteiger partial charge in [-0.05, 0) is 6.58 Å². The minimum atomic E-state index is -2.26. The molecule has 0 aliphatic rings. The Labute approximate surface area is 37.6 Å². The number of rotatable bonds is 1. The van der Waals surface area contributed by atoms with E-state index in [1.54, 1.807) is 0 Å². The van der Waals surface area contributed by atoms with Crippen LogP contribution in [0.2, 0.25) is 0 Å². The van der Waals surface area contributed by atoms with E-state index in [1.807, 2.05) is 0 Å². The number of hydrogen-bond acceptors (Lipinski definition) is 2. The van der Waals surface area contributed by atoms with Gasteiger partial charge in [0.15, 0.2) is 0 Å². The van der Waals surface area contributed by atoms with Gasteiger partial charge >= 0.3 is 0 Å². The topological polar surface area (TPSA) is 57.5 Å². The largest absolute Gasteiger partial charge is 0.499 e. The van der Waals surface area contributed by atoms with E-state index in [9.17, 15) is 4.21 Å². The average molecular weight is 108 g/mol. The van der Waals surface area contributed by atoms with Crippen LogP contribution < -0.4 is 0 Å². The van der Waals surface area contributed by atoms with Crippen LogP contribution in [-0.2, 0) is 11.1 Å². The van der Waals surface area contributed by atoms with Gasteiger partial charge < -0.3 is 5.11 Å². The van der Waals surface area contributed by atoms with E-state index in [2.05, 4.69) is 6.58 Å². The van der Waals surface area contributed by atoms with Gasteiger partial charge in [-0.3, -0.25) is 4.55 Å². The predicted molar refractivity (Wildman–Crippen MR) is 22.5 cm³/mol. The van der Waals surface area contributed by atoms with Gasteiger partial charge in [-0.2, -0.15) is 0 Å². The molecule has 2 N–H and O–H groups in total. The van der Waals surface area contributed by atoms with Crippen LogP contribution in [0, 0.1) is 0 Å². The Bertz CT molecular complexity index is 74.8. The molecular weight excluding hydrogens is 104 g/mol. The van der Waals surface area contributed by atoms with E-state index >= 15 is 0 Å². The van der Waals surface area contributed by atoms with Gasteiger partial charge in [-0.25, -0.2) is 4.21 Å². The Balaban J connectivity index is 3.57. The van der Waals surface area contributed by atoms with Gasteiger partial charge in [0, 0.05) is 0 Å². The summed E-state index contributed by atoms with van der Waals surface area (Å²) < 4.78 is 17.2. The zero-order valence-electron chi connectivity index (χ0n) is 2.92.